The van der Waals surface area contributed by atoms with Gasteiger partial charge in [-0.15, -0.1) is 0 Å². The van der Waals surface area contributed by atoms with Gasteiger partial charge in [0, 0.05) is 5.56 Å². The summed E-state index contributed by atoms with van der Waals surface area (Å²) in [6.07, 6.45) is 0. The van der Waals surface area contributed by atoms with E-state index in [1.165, 1.54) is 7.11 Å². The van der Waals surface area contributed by atoms with Gasteiger partial charge in [-0.1, -0.05) is 12.1 Å². The molecule has 136 valence electrons. The van der Waals surface area contributed by atoms with Crippen LogP contribution in [0.5, 0.6) is 5.75 Å². The maximum atomic E-state index is 12.3. The van der Waals surface area contributed by atoms with Crippen molar-refractivity contribution in [3.05, 3.63) is 71.8 Å². The Balaban J connectivity index is 1.78. The van der Waals surface area contributed by atoms with Crippen molar-refractivity contribution in [2.45, 2.75) is 0 Å². The number of hydrogen-bond acceptors (Lipinski definition) is 5. The highest BCUT2D eigenvalue weighted by Crippen LogP contribution is 2.23. The Hall–Kier alpha value is -3.87. The van der Waals surface area contributed by atoms with E-state index < -0.39 is 5.97 Å². The minimum Gasteiger partial charge on any atom is -0.481 e. The van der Waals surface area contributed by atoms with Crippen molar-refractivity contribution in [1.29, 1.82) is 5.41 Å². The summed E-state index contributed by atoms with van der Waals surface area (Å²) in [6, 6.07) is 17.2. The third-order valence-electron chi connectivity index (χ3n) is 3.85. The van der Waals surface area contributed by atoms with E-state index in [9.17, 15) is 4.79 Å². The molecule has 0 bridgehead atoms. The molecule has 3 aromatic carbocycles. The predicted octanol–water partition coefficient (Wildman–Crippen LogP) is 2.94. The molecule has 0 radical (unpaired) electrons. The molecule has 0 aliphatic rings. The minimum absolute atomic E-state index is 0.0507. The van der Waals surface area contributed by atoms with E-state index in [2.05, 4.69) is 4.99 Å². The number of ether oxygens (including phenoxy) is 2. The predicted molar refractivity (Wildman–Crippen MR) is 105 cm³/mol. The summed E-state index contributed by atoms with van der Waals surface area (Å²) in [5.74, 6) is -0.0133. The molecule has 27 heavy (non-hydrogen) atoms. The third kappa shape index (κ3) is 4.21. The van der Waals surface area contributed by atoms with Crippen LogP contribution in [0.3, 0.4) is 0 Å². The number of benzene rings is 3. The van der Waals surface area contributed by atoms with Gasteiger partial charge in [-0.05, 0) is 59.3 Å². The van der Waals surface area contributed by atoms with Gasteiger partial charge in [0.1, 0.15) is 5.75 Å². The Labute approximate surface area is 155 Å². The van der Waals surface area contributed by atoms with Crippen molar-refractivity contribution < 1.29 is 14.3 Å². The number of guanidine groups is 1. The highest BCUT2D eigenvalue weighted by Gasteiger charge is 2.10. The fraction of sp³-hybridized carbons (Fsp3) is 0.0500. The summed E-state index contributed by atoms with van der Waals surface area (Å²) in [5, 5.41) is 9.52. The molecule has 0 aromatic heterocycles. The maximum Gasteiger partial charge on any atom is 0.343 e. The summed E-state index contributed by atoms with van der Waals surface area (Å²) in [5.41, 5.74) is 12.3. The lowest BCUT2D eigenvalue weighted by Crippen LogP contribution is -2.21. The largest absolute Gasteiger partial charge is 0.481 e. The van der Waals surface area contributed by atoms with Crippen molar-refractivity contribution in [1.82, 2.24) is 0 Å². The van der Waals surface area contributed by atoms with Crippen LogP contribution in [0.15, 0.2) is 65.7 Å². The Morgan fingerprint density at radius 1 is 0.926 bits per heavy atom. The molecule has 0 aliphatic carbocycles. The van der Waals surface area contributed by atoms with Crippen molar-refractivity contribution in [2.75, 3.05) is 7.11 Å². The lowest BCUT2D eigenvalue weighted by atomic mass is 10.1. The summed E-state index contributed by atoms with van der Waals surface area (Å²) in [4.78, 5) is 16.2. The molecule has 0 amide bonds. The molecule has 0 unspecified atom stereocenters. The number of nitrogens with two attached hydrogens (primary N) is 2. The van der Waals surface area contributed by atoms with Gasteiger partial charge in [-0.25, -0.2) is 9.79 Å². The molecule has 7 heteroatoms. The zero-order chi connectivity index (χ0) is 19.4. The van der Waals surface area contributed by atoms with Crippen LogP contribution in [-0.2, 0) is 4.74 Å². The summed E-state index contributed by atoms with van der Waals surface area (Å²) in [7, 11) is 1.46. The van der Waals surface area contributed by atoms with Gasteiger partial charge in [-0.3, -0.25) is 5.41 Å². The van der Waals surface area contributed by atoms with Gasteiger partial charge >= 0.3 is 5.97 Å². The number of nitrogens with zero attached hydrogens (tertiary/aromatic N) is 1. The van der Waals surface area contributed by atoms with Crippen LogP contribution in [0.4, 0.5) is 5.69 Å². The second-order valence-corrected chi connectivity index (χ2v) is 5.73. The molecule has 7 nitrogen and oxygen atoms in total. The van der Waals surface area contributed by atoms with E-state index in [4.69, 9.17) is 26.4 Å². The van der Waals surface area contributed by atoms with Crippen molar-refractivity contribution in [2.24, 2.45) is 16.5 Å². The number of rotatable bonds is 4. The second-order valence-electron chi connectivity index (χ2n) is 5.73. The molecule has 5 N–H and O–H groups in total. The van der Waals surface area contributed by atoms with Gasteiger partial charge in [0.15, 0.2) is 5.96 Å². The fourth-order valence-electron chi connectivity index (χ4n) is 2.53. The van der Waals surface area contributed by atoms with Crippen molar-refractivity contribution >= 4 is 34.3 Å². The Bertz CT molecular complexity index is 1040. The number of aliphatic imine (C=N–C) groups is 1. The molecule has 0 saturated carbocycles. The standard InChI is InChI=1S/C20H18N4O3/c1-26-18(21)15-3-2-14-11-17(9-6-13(14)10-15)27-19(25)12-4-7-16(8-5-12)24-20(22)23/h2-11,21H,1H3,(H4,22,23,24). The van der Waals surface area contributed by atoms with Crippen LogP contribution >= 0.6 is 0 Å². The number of nitrogens with one attached hydrogen (secondary N) is 1. The Morgan fingerprint density at radius 3 is 2.22 bits per heavy atom. The number of hydrogen-bond donors (Lipinski definition) is 3. The van der Waals surface area contributed by atoms with E-state index in [0.717, 1.165) is 10.8 Å². The van der Waals surface area contributed by atoms with Crippen LogP contribution < -0.4 is 16.2 Å². The zero-order valence-corrected chi connectivity index (χ0v) is 14.6. The first-order valence-electron chi connectivity index (χ1n) is 8.05. The molecule has 0 fully saturated rings. The van der Waals surface area contributed by atoms with Gasteiger partial charge in [-0.2, -0.15) is 0 Å². The molecule has 3 rings (SSSR count). The molecule has 0 saturated heterocycles. The van der Waals surface area contributed by atoms with Crippen LogP contribution in [-0.4, -0.2) is 24.9 Å². The monoisotopic (exact) mass is 362 g/mol. The van der Waals surface area contributed by atoms with Crippen LogP contribution in [0.2, 0.25) is 0 Å². The average molecular weight is 362 g/mol. The number of methoxy groups -OCH3 is 1. The van der Waals surface area contributed by atoms with Gasteiger partial charge in [0.25, 0.3) is 0 Å². The molecule has 3 aromatic rings. The highest BCUT2D eigenvalue weighted by molar-refractivity contribution is 5.97. The second kappa shape index (κ2) is 7.57. The normalized spacial score (nSPS) is 10.3. The van der Waals surface area contributed by atoms with Crippen LogP contribution in [0.1, 0.15) is 15.9 Å². The first-order chi connectivity index (χ1) is 13.0. The molecule has 0 aliphatic heterocycles. The lowest BCUT2D eigenvalue weighted by Gasteiger charge is -2.08. The number of carbonyl (C=O) groups excluding carboxylic acids is 1. The fourth-order valence-corrected chi connectivity index (χ4v) is 2.53. The van der Waals surface area contributed by atoms with E-state index >= 15 is 0 Å². The Morgan fingerprint density at radius 2 is 1.56 bits per heavy atom. The first kappa shape index (κ1) is 17.9. The Kier molecular flexibility index (Phi) is 5.03. The first-order valence-corrected chi connectivity index (χ1v) is 8.05. The topological polar surface area (TPSA) is 124 Å². The highest BCUT2D eigenvalue weighted by atomic mass is 16.5. The number of carbonyl (C=O) groups is 1. The smallest absolute Gasteiger partial charge is 0.343 e. The van der Waals surface area contributed by atoms with E-state index in [-0.39, 0.29) is 11.9 Å². The SMILES string of the molecule is COC(=N)c1ccc2cc(OC(=O)c3ccc(N=C(N)N)cc3)ccc2c1. The molecular weight excluding hydrogens is 344 g/mol. The zero-order valence-electron chi connectivity index (χ0n) is 14.6. The summed E-state index contributed by atoms with van der Waals surface area (Å²) < 4.78 is 10.4. The molecule has 0 atom stereocenters. The van der Waals surface area contributed by atoms with E-state index in [1.54, 1.807) is 42.5 Å². The molecule has 0 heterocycles. The number of fused-ring (bicyclic) bond motifs is 1. The quantitative estimate of drug-likeness (QED) is 0.285. The van der Waals surface area contributed by atoms with Crippen LogP contribution in [0.25, 0.3) is 10.8 Å². The summed E-state index contributed by atoms with van der Waals surface area (Å²) in [6.45, 7) is 0. The maximum absolute atomic E-state index is 12.3. The van der Waals surface area contributed by atoms with Gasteiger partial charge in [0.2, 0.25) is 5.90 Å². The third-order valence-corrected chi connectivity index (χ3v) is 3.85. The van der Waals surface area contributed by atoms with Crippen LogP contribution in [0, 0.1) is 5.41 Å². The number of esters is 1. The van der Waals surface area contributed by atoms with Crippen molar-refractivity contribution in [3.63, 3.8) is 0 Å². The van der Waals surface area contributed by atoms with E-state index in [0.29, 0.717) is 22.6 Å². The molecule has 0 spiro atoms. The lowest BCUT2D eigenvalue weighted by molar-refractivity contribution is 0.0735. The van der Waals surface area contributed by atoms with E-state index in [1.807, 2.05) is 18.2 Å². The van der Waals surface area contributed by atoms with Gasteiger partial charge < -0.3 is 20.9 Å². The molecular formula is C20H18N4O3. The summed E-state index contributed by atoms with van der Waals surface area (Å²) >= 11 is 0. The van der Waals surface area contributed by atoms with Gasteiger partial charge in [0.05, 0.1) is 18.4 Å². The minimum atomic E-state index is -0.483. The average Bonchev–Trinajstić information content (AvgIpc) is 2.67. The van der Waals surface area contributed by atoms with Crippen molar-refractivity contribution in [3.8, 4) is 5.75 Å².